The van der Waals surface area contributed by atoms with Crippen LogP contribution in [0.4, 0.5) is 17.1 Å². The molecule has 0 amide bonds. The molecule has 0 saturated heterocycles. The van der Waals surface area contributed by atoms with Gasteiger partial charge in [-0.15, -0.1) is 11.3 Å². The second-order valence-corrected chi connectivity index (χ2v) is 17.2. The van der Waals surface area contributed by atoms with Gasteiger partial charge in [0.15, 0.2) is 0 Å². The van der Waals surface area contributed by atoms with E-state index in [9.17, 15) is 0 Å². The monoisotopic (exact) mass is 820 g/mol. The average Bonchev–Trinajstić information content (AvgIpc) is 3.91. The second-order valence-electron chi connectivity index (χ2n) is 16.1. The molecule has 0 aliphatic rings. The normalized spacial score (nSPS) is 11.5. The first-order chi connectivity index (χ1) is 31.2. The Labute approximate surface area is 370 Å². The molecule has 12 aromatic rings. The minimum Gasteiger partial charge on any atom is -0.310 e. The Balaban J connectivity index is 0.944. The summed E-state index contributed by atoms with van der Waals surface area (Å²) >= 11 is 1.87. The molecular formula is C60H40N2S. The topological polar surface area (TPSA) is 8.17 Å². The molecule has 0 spiro atoms. The minimum atomic E-state index is 1.10. The van der Waals surface area contributed by atoms with Gasteiger partial charge in [0, 0.05) is 53.6 Å². The number of fused-ring (bicyclic) bond motifs is 6. The zero-order valence-corrected chi connectivity index (χ0v) is 35.2. The highest BCUT2D eigenvalue weighted by Crippen LogP contribution is 2.44. The van der Waals surface area contributed by atoms with E-state index in [4.69, 9.17) is 0 Å². The van der Waals surface area contributed by atoms with Crippen molar-refractivity contribution < 1.29 is 0 Å². The summed E-state index contributed by atoms with van der Waals surface area (Å²) in [7, 11) is 0. The Bertz CT molecular complexity index is 3600. The molecule has 0 aliphatic carbocycles. The molecule has 0 bridgehead atoms. The highest BCUT2D eigenvalue weighted by Gasteiger charge is 2.20. The highest BCUT2D eigenvalue weighted by molar-refractivity contribution is 7.25. The third kappa shape index (κ3) is 6.50. The van der Waals surface area contributed by atoms with Crippen LogP contribution in [0.15, 0.2) is 243 Å². The van der Waals surface area contributed by atoms with Crippen molar-refractivity contribution in [2.75, 3.05) is 4.90 Å². The van der Waals surface area contributed by atoms with Crippen molar-refractivity contribution in [1.82, 2.24) is 4.57 Å². The van der Waals surface area contributed by atoms with E-state index in [2.05, 4.69) is 252 Å². The number of benzene rings is 10. The lowest BCUT2D eigenvalue weighted by Crippen LogP contribution is -2.11. The maximum atomic E-state index is 2.44. The number of rotatable bonds is 8. The zero-order valence-electron chi connectivity index (χ0n) is 34.4. The fourth-order valence-electron chi connectivity index (χ4n) is 9.45. The van der Waals surface area contributed by atoms with Gasteiger partial charge in [-0.3, -0.25) is 0 Å². The molecular weight excluding hydrogens is 781 g/mol. The van der Waals surface area contributed by atoms with E-state index >= 15 is 0 Å². The fraction of sp³-hybridized carbons (Fsp3) is 0. The lowest BCUT2D eigenvalue weighted by atomic mass is 9.94. The minimum absolute atomic E-state index is 1.10. The SMILES string of the molecule is c1ccc(-c2ccc(-c3ccc(N(c4ccccc4)c4ccccc4-c4cccc(-c5cccc6c5c5ccccc5n6-c5ccc6c(c5)sc5ccccc56)c4)cc3)cc2)cc1. The van der Waals surface area contributed by atoms with Crippen LogP contribution in [0.5, 0.6) is 0 Å². The smallest absolute Gasteiger partial charge is 0.0547 e. The van der Waals surface area contributed by atoms with Crippen molar-refractivity contribution in [1.29, 1.82) is 0 Å². The van der Waals surface area contributed by atoms with E-state index in [1.165, 1.54) is 81.0 Å². The molecule has 10 aromatic carbocycles. The highest BCUT2D eigenvalue weighted by atomic mass is 32.1. The quantitative estimate of drug-likeness (QED) is 0.148. The van der Waals surface area contributed by atoms with Crippen LogP contribution in [0.3, 0.4) is 0 Å². The van der Waals surface area contributed by atoms with Crippen molar-refractivity contribution >= 4 is 70.4 Å². The summed E-state index contributed by atoms with van der Waals surface area (Å²) in [6, 6.07) is 88.3. The van der Waals surface area contributed by atoms with Gasteiger partial charge in [-0.05, 0) is 106 Å². The first-order valence-electron chi connectivity index (χ1n) is 21.5. The molecule has 0 atom stereocenters. The Morgan fingerprint density at radius 1 is 0.317 bits per heavy atom. The Morgan fingerprint density at radius 2 is 0.841 bits per heavy atom. The summed E-state index contributed by atoms with van der Waals surface area (Å²) in [6.07, 6.45) is 0. The fourth-order valence-corrected chi connectivity index (χ4v) is 10.6. The van der Waals surface area contributed by atoms with Crippen molar-refractivity contribution in [3.63, 3.8) is 0 Å². The van der Waals surface area contributed by atoms with Crippen LogP contribution in [0.2, 0.25) is 0 Å². The molecule has 0 saturated carbocycles. The summed E-state index contributed by atoms with van der Waals surface area (Å²) < 4.78 is 5.07. The number of hydrogen-bond acceptors (Lipinski definition) is 2. The van der Waals surface area contributed by atoms with Crippen LogP contribution >= 0.6 is 11.3 Å². The van der Waals surface area contributed by atoms with Gasteiger partial charge in [0.1, 0.15) is 0 Å². The summed E-state index contributed by atoms with van der Waals surface area (Å²) in [5.74, 6) is 0. The molecule has 0 aliphatic heterocycles. The first-order valence-corrected chi connectivity index (χ1v) is 22.3. The Hall–Kier alpha value is -7.98. The number of para-hydroxylation sites is 3. The number of thiophene rings is 1. The van der Waals surface area contributed by atoms with Gasteiger partial charge in [-0.1, -0.05) is 176 Å². The molecule has 2 nitrogen and oxygen atoms in total. The zero-order chi connectivity index (χ0) is 41.7. The molecule has 2 aromatic heterocycles. The summed E-state index contributed by atoms with van der Waals surface area (Å²) in [6.45, 7) is 0. The number of anilines is 3. The van der Waals surface area contributed by atoms with Crippen molar-refractivity contribution in [3.05, 3.63) is 243 Å². The van der Waals surface area contributed by atoms with Crippen molar-refractivity contribution in [2.45, 2.75) is 0 Å². The van der Waals surface area contributed by atoms with Gasteiger partial charge in [-0.25, -0.2) is 0 Å². The summed E-state index contributed by atoms with van der Waals surface area (Å²) in [5.41, 5.74) is 16.5. The van der Waals surface area contributed by atoms with Gasteiger partial charge in [0.2, 0.25) is 0 Å². The standard InChI is InChI=1S/C60H40N2S/c1-3-15-41(16-4-1)42-29-31-43(32-30-42)44-33-35-48(36-34-44)61(47-19-5-2-6-20-47)55-25-10-7-21-50(55)45-17-13-18-46(39-45)51-24-14-27-57-60(51)54-23-8-11-26-56(54)62(57)49-37-38-53-52-22-9-12-28-58(52)63-59(53)40-49/h1-40H. The lowest BCUT2D eigenvalue weighted by Gasteiger charge is -2.28. The van der Waals surface area contributed by atoms with E-state index in [0.29, 0.717) is 0 Å². The second kappa shape index (κ2) is 15.5. The van der Waals surface area contributed by atoms with Gasteiger partial charge in [0.25, 0.3) is 0 Å². The Morgan fingerprint density at radius 3 is 1.62 bits per heavy atom. The number of aromatic nitrogens is 1. The molecule has 12 rings (SSSR count). The molecule has 0 unspecified atom stereocenters. The maximum Gasteiger partial charge on any atom is 0.0547 e. The summed E-state index contributed by atoms with van der Waals surface area (Å²) in [5, 5.41) is 5.14. The van der Waals surface area contributed by atoms with Crippen LogP contribution in [0, 0.1) is 0 Å². The number of nitrogens with zero attached hydrogens (tertiary/aromatic N) is 2. The molecule has 0 fully saturated rings. The van der Waals surface area contributed by atoms with Crippen LogP contribution in [-0.4, -0.2) is 4.57 Å². The summed E-state index contributed by atoms with van der Waals surface area (Å²) in [4.78, 5) is 2.38. The number of hydrogen-bond donors (Lipinski definition) is 0. The molecule has 63 heavy (non-hydrogen) atoms. The van der Waals surface area contributed by atoms with Crippen LogP contribution in [0.25, 0.3) is 92.2 Å². The van der Waals surface area contributed by atoms with E-state index in [1.54, 1.807) is 0 Å². The van der Waals surface area contributed by atoms with E-state index in [0.717, 1.165) is 28.2 Å². The third-order valence-corrected chi connectivity index (χ3v) is 13.5. The van der Waals surface area contributed by atoms with E-state index < -0.39 is 0 Å². The Kier molecular flexibility index (Phi) is 9.06. The average molecular weight is 821 g/mol. The van der Waals surface area contributed by atoms with E-state index in [1.807, 2.05) is 11.3 Å². The largest absolute Gasteiger partial charge is 0.310 e. The first kappa shape index (κ1) is 36.8. The van der Waals surface area contributed by atoms with Crippen molar-refractivity contribution in [2.24, 2.45) is 0 Å². The van der Waals surface area contributed by atoms with Crippen molar-refractivity contribution in [3.8, 4) is 50.2 Å². The van der Waals surface area contributed by atoms with Gasteiger partial charge in [-0.2, -0.15) is 0 Å². The predicted molar refractivity (Wildman–Crippen MR) is 270 cm³/mol. The van der Waals surface area contributed by atoms with Gasteiger partial charge >= 0.3 is 0 Å². The van der Waals surface area contributed by atoms with Crippen LogP contribution in [-0.2, 0) is 0 Å². The molecule has 2 heterocycles. The molecule has 3 heteroatoms. The van der Waals surface area contributed by atoms with Crippen LogP contribution in [0.1, 0.15) is 0 Å². The lowest BCUT2D eigenvalue weighted by molar-refractivity contribution is 1.19. The van der Waals surface area contributed by atoms with E-state index in [-0.39, 0.29) is 0 Å². The molecule has 296 valence electrons. The van der Waals surface area contributed by atoms with Gasteiger partial charge in [0.05, 0.1) is 16.7 Å². The third-order valence-electron chi connectivity index (χ3n) is 12.4. The van der Waals surface area contributed by atoms with Crippen LogP contribution < -0.4 is 4.90 Å². The predicted octanol–water partition coefficient (Wildman–Crippen LogP) is 17.3. The molecule has 0 radical (unpaired) electrons. The molecule has 0 N–H and O–H groups in total. The maximum absolute atomic E-state index is 2.44. The van der Waals surface area contributed by atoms with Gasteiger partial charge < -0.3 is 9.47 Å².